The van der Waals surface area contributed by atoms with Gasteiger partial charge in [0.25, 0.3) is 0 Å². The van der Waals surface area contributed by atoms with Gasteiger partial charge in [-0.3, -0.25) is 0 Å². The molecular formula is C17H23N3O4S. The number of fused-ring (bicyclic) bond motifs is 1. The largest absolute Gasteiger partial charge is 0.495 e. The van der Waals surface area contributed by atoms with Crippen LogP contribution in [0.2, 0.25) is 0 Å². The first-order chi connectivity index (χ1) is 12.0. The standard InChI is InChI=1S/C17H23N3O4S/c1-4-24-11-15-10-19(9-14-8-18-12-20(14)15)25(21,22)17-6-5-13(2)7-16(17)23-3/h5-8,12,15H,4,9-11H2,1-3H3/t15-/m1/s1. The fraction of sp³-hybridized carbons (Fsp3) is 0.471. The van der Waals surface area contributed by atoms with Crippen molar-refractivity contribution in [1.29, 1.82) is 0 Å². The summed E-state index contributed by atoms with van der Waals surface area (Å²) >= 11 is 0. The van der Waals surface area contributed by atoms with Gasteiger partial charge in [-0.1, -0.05) is 6.07 Å². The highest BCUT2D eigenvalue weighted by Gasteiger charge is 2.35. The van der Waals surface area contributed by atoms with Crippen molar-refractivity contribution in [3.8, 4) is 5.75 Å². The maximum absolute atomic E-state index is 13.2. The molecule has 0 bridgehead atoms. The maximum Gasteiger partial charge on any atom is 0.247 e. The van der Waals surface area contributed by atoms with Crippen molar-refractivity contribution in [2.75, 3.05) is 26.9 Å². The van der Waals surface area contributed by atoms with Crippen LogP contribution >= 0.6 is 0 Å². The minimum atomic E-state index is -3.69. The van der Waals surface area contributed by atoms with Crippen molar-refractivity contribution in [3.05, 3.63) is 42.0 Å². The summed E-state index contributed by atoms with van der Waals surface area (Å²) in [6.07, 6.45) is 3.43. The van der Waals surface area contributed by atoms with Gasteiger partial charge in [0, 0.05) is 19.3 Å². The number of aryl methyl sites for hydroxylation is 1. The van der Waals surface area contributed by atoms with E-state index in [0.717, 1.165) is 11.3 Å². The molecule has 0 N–H and O–H groups in total. The smallest absolute Gasteiger partial charge is 0.247 e. The summed E-state index contributed by atoms with van der Waals surface area (Å²) < 4.78 is 40.7. The number of methoxy groups -OCH3 is 1. The zero-order chi connectivity index (χ0) is 18.0. The Kier molecular flexibility index (Phi) is 5.12. The van der Waals surface area contributed by atoms with E-state index in [0.29, 0.717) is 25.5 Å². The molecule has 1 aromatic carbocycles. The molecule has 0 saturated heterocycles. The van der Waals surface area contributed by atoms with Gasteiger partial charge < -0.3 is 14.0 Å². The number of benzene rings is 1. The minimum Gasteiger partial charge on any atom is -0.495 e. The average molecular weight is 365 g/mol. The lowest BCUT2D eigenvalue weighted by molar-refractivity contribution is 0.0953. The third-order valence-electron chi connectivity index (χ3n) is 4.34. The lowest BCUT2D eigenvalue weighted by atomic mass is 10.2. The molecular weight excluding hydrogens is 342 g/mol. The summed E-state index contributed by atoms with van der Waals surface area (Å²) in [6.45, 7) is 5.46. The van der Waals surface area contributed by atoms with Crippen LogP contribution < -0.4 is 4.74 Å². The van der Waals surface area contributed by atoms with Crippen LogP contribution in [0.4, 0.5) is 0 Å². The van der Waals surface area contributed by atoms with Crippen molar-refractivity contribution >= 4 is 10.0 Å². The Labute approximate surface area is 148 Å². The van der Waals surface area contributed by atoms with Crippen LogP contribution in [-0.4, -0.2) is 49.1 Å². The van der Waals surface area contributed by atoms with E-state index >= 15 is 0 Å². The lowest BCUT2D eigenvalue weighted by Gasteiger charge is -2.33. The molecule has 2 aromatic rings. The Morgan fingerprint density at radius 2 is 2.16 bits per heavy atom. The van der Waals surface area contributed by atoms with Crippen molar-refractivity contribution in [2.24, 2.45) is 0 Å². The number of aromatic nitrogens is 2. The van der Waals surface area contributed by atoms with Crippen LogP contribution in [-0.2, 0) is 21.3 Å². The molecule has 0 saturated carbocycles. The molecule has 3 rings (SSSR count). The van der Waals surface area contributed by atoms with E-state index in [1.165, 1.54) is 11.4 Å². The average Bonchev–Trinajstić information content (AvgIpc) is 3.07. The number of hydrogen-bond acceptors (Lipinski definition) is 5. The van der Waals surface area contributed by atoms with Crippen LogP contribution in [0.5, 0.6) is 5.75 Å². The monoisotopic (exact) mass is 365 g/mol. The van der Waals surface area contributed by atoms with Crippen LogP contribution in [0.1, 0.15) is 24.2 Å². The van der Waals surface area contributed by atoms with E-state index in [-0.39, 0.29) is 17.5 Å². The molecule has 2 heterocycles. The highest BCUT2D eigenvalue weighted by atomic mass is 32.2. The van der Waals surface area contributed by atoms with Crippen molar-refractivity contribution in [3.63, 3.8) is 0 Å². The second kappa shape index (κ2) is 7.15. The molecule has 0 fully saturated rings. The Morgan fingerprint density at radius 3 is 2.88 bits per heavy atom. The van der Waals surface area contributed by atoms with Gasteiger partial charge in [-0.15, -0.1) is 0 Å². The molecule has 1 aliphatic heterocycles. The normalized spacial score (nSPS) is 18.1. The summed E-state index contributed by atoms with van der Waals surface area (Å²) in [5.41, 5.74) is 1.80. The summed E-state index contributed by atoms with van der Waals surface area (Å²) in [7, 11) is -2.21. The third kappa shape index (κ3) is 3.42. The summed E-state index contributed by atoms with van der Waals surface area (Å²) in [6, 6.07) is 5.02. The number of nitrogens with zero attached hydrogens (tertiary/aromatic N) is 3. The second-order valence-electron chi connectivity index (χ2n) is 6.06. The third-order valence-corrected chi connectivity index (χ3v) is 6.19. The predicted molar refractivity (Wildman–Crippen MR) is 93.1 cm³/mol. The fourth-order valence-corrected chi connectivity index (χ4v) is 4.63. The van der Waals surface area contributed by atoms with E-state index in [4.69, 9.17) is 9.47 Å². The number of sulfonamides is 1. The molecule has 1 aliphatic rings. The molecule has 0 spiro atoms. The summed E-state index contributed by atoms with van der Waals surface area (Å²) in [4.78, 5) is 4.34. The number of ether oxygens (including phenoxy) is 2. The summed E-state index contributed by atoms with van der Waals surface area (Å²) in [5.74, 6) is 0.362. The number of imidazole rings is 1. The van der Waals surface area contributed by atoms with Crippen molar-refractivity contribution in [1.82, 2.24) is 13.9 Å². The van der Waals surface area contributed by atoms with Gasteiger partial charge in [0.05, 0.1) is 38.3 Å². The topological polar surface area (TPSA) is 73.7 Å². The van der Waals surface area contributed by atoms with Gasteiger partial charge in [0.1, 0.15) is 10.6 Å². The van der Waals surface area contributed by atoms with Crippen LogP contribution in [0, 0.1) is 6.92 Å². The molecule has 8 heteroatoms. The molecule has 0 unspecified atom stereocenters. The van der Waals surface area contributed by atoms with Gasteiger partial charge >= 0.3 is 0 Å². The molecule has 1 atom stereocenters. The zero-order valence-corrected chi connectivity index (χ0v) is 15.5. The first-order valence-corrected chi connectivity index (χ1v) is 9.64. The molecule has 136 valence electrons. The number of hydrogen-bond donors (Lipinski definition) is 0. The van der Waals surface area contributed by atoms with E-state index in [1.807, 2.05) is 18.4 Å². The van der Waals surface area contributed by atoms with Gasteiger partial charge in [-0.25, -0.2) is 13.4 Å². The second-order valence-corrected chi connectivity index (χ2v) is 7.96. The first-order valence-electron chi connectivity index (χ1n) is 8.20. The molecule has 1 aromatic heterocycles. The Balaban J connectivity index is 1.96. The van der Waals surface area contributed by atoms with Gasteiger partial charge in [0.2, 0.25) is 10.0 Å². The Bertz CT molecular complexity index is 847. The van der Waals surface area contributed by atoms with Gasteiger partial charge in [-0.2, -0.15) is 4.31 Å². The fourth-order valence-electron chi connectivity index (χ4n) is 3.05. The number of rotatable bonds is 6. The highest BCUT2D eigenvalue weighted by Crippen LogP contribution is 2.32. The van der Waals surface area contributed by atoms with Gasteiger partial charge in [-0.05, 0) is 31.5 Å². The zero-order valence-electron chi connectivity index (χ0n) is 14.7. The molecule has 0 radical (unpaired) electrons. The molecule has 0 aliphatic carbocycles. The molecule has 25 heavy (non-hydrogen) atoms. The van der Waals surface area contributed by atoms with Crippen LogP contribution in [0.3, 0.4) is 0 Å². The van der Waals surface area contributed by atoms with Crippen molar-refractivity contribution in [2.45, 2.75) is 31.3 Å². The van der Waals surface area contributed by atoms with E-state index in [2.05, 4.69) is 4.98 Å². The highest BCUT2D eigenvalue weighted by molar-refractivity contribution is 7.89. The van der Waals surface area contributed by atoms with Crippen LogP contribution in [0.25, 0.3) is 0 Å². The summed E-state index contributed by atoms with van der Waals surface area (Å²) in [5, 5.41) is 0. The molecule has 0 amide bonds. The van der Waals surface area contributed by atoms with Gasteiger partial charge in [0.15, 0.2) is 0 Å². The van der Waals surface area contributed by atoms with E-state index in [9.17, 15) is 8.42 Å². The van der Waals surface area contributed by atoms with E-state index < -0.39 is 10.0 Å². The first kappa shape index (κ1) is 17.9. The Morgan fingerprint density at radius 1 is 1.36 bits per heavy atom. The van der Waals surface area contributed by atoms with Crippen molar-refractivity contribution < 1.29 is 17.9 Å². The SMILES string of the molecule is CCOC[C@H]1CN(S(=O)(=O)c2ccc(C)cc2OC)Cc2cncn21. The van der Waals surface area contributed by atoms with Crippen LogP contribution in [0.15, 0.2) is 35.6 Å². The lowest BCUT2D eigenvalue weighted by Crippen LogP contribution is -2.42. The minimum absolute atomic E-state index is 0.0996. The van der Waals surface area contributed by atoms with E-state index in [1.54, 1.807) is 30.7 Å². The quantitative estimate of drug-likeness (QED) is 0.783. The molecule has 7 nitrogen and oxygen atoms in total. The predicted octanol–water partition coefficient (Wildman–Crippen LogP) is 1.98. The Hall–Kier alpha value is -1.90. The maximum atomic E-state index is 13.2.